The molecule has 1 aromatic heterocycles. The van der Waals surface area contributed by atoms with E-state index in [1.807, 2.05) is 43.3 Å². The number of rotatable bonds is 3. The molecule has 0 N–H and O–H groups in total. The fraction of sp³-hybridized carbons (Fsp3) is 0.176. The van der Waals surface area contributed by atoms with Gasteiger partial charge in [0.15, 0.2) is 5.11 Å². The Morgan fingerprint density at radius 2 is 2.09 bits per heavy atom. The van der Waals surface area contributed by atoms with E-state index in [1.54, 1.807) is 22.9 Å². The van der Waals surface area contributed by atoms with Gasteiger partial charge < -0.3 is 9.32 Å². The zero-order valence-corrected chi connectivity index (χ0v) is 14.3. The van der Waals surface area contributed by atoms with Gasteiger partial charge in [0.05, 0.1) is 0 Å². The molecule has 0 spiro atoms. The standard InChI is InChI=1S/C17H15ClN2O2S/c1-3-20-16(21)14(19(2)17(20)23)10-13-7-8-15(22-13)11-5-4-6-12(18)9-11/h4-10H,3H2,1-2H3/b14-10-. The van der Waals surface area contributed by atoms with E-state index >= 15 is 0 Å². The van der Waals surface area contributed by atoms with E-state index in [0.29, 0.717) is 33.9 Å². The van der Waals surface area contributed by atoms with Crippen LogP contribution in [0.4, 0.5) is 0 Å². The maximum Gasteiger partial charge on any atom is 0.276 e. The summed E-state index contributed by atoms with van der Waals surface area (Å²) < 4.78 is 5.81. The maximum absolute atomic E-state index is 12.4. The van der Waals surface area contributed by atoms with Crippen molar-refractivity contribution in [2.75, 3.05) is 13.6 Å². The van der Waals surface area contributed by atoms with Gasteiger partial charge in [-0.15, -0.1) is 0 Å². The van der Waals surface area contributed by atoms with Crippen molar-refractivity contribution >= 4 is 40.9 Å². The van der Waals surface area contributed by atoms with Crippen LogP contribution < -0.4 is 0 Å². The lowest BCUT2D eigenvalue weighted by atomic mass is 10.2. The van der Waals surface area contributed by atoms with Crippen LogP contribution >= 0.6 is 23.8 Å². The summed E-state index contributed by atoms with van der Waals surface area (Å²) in [5.74, 6) is 1.18. The Balaban J connectivity index is 1.92. The smallest absolute Gasteiger partial charge is 0.276 e. The fourth-order valence-electron chi connectivity index (χ4n) is 2.45. The van der Waals surface area contributed by atoms with Gasteiger partial charge >= 0.3 is 0 Å². The molecule has 0 unspecified atom stereocenters. The van der Waals surface area contributed by atoms with Crippen molar-refractivity contribution in [3.05, 3.63) is 52.9 Å². The number of nitrogens with zero attached hydrogens (tertiary/aromatic N) is 2. The fourth-order valence-corrected chi connectivity index (χ4v) is 2.95. The van der Waals surface area contributed by atoms with E-state index in [-0.39, 0.29) is 5.91 Å². The van der Waals surface area contributed by atoms with Gasteiger partial charge in [0.2, 0.25) is 0 Å². The number of hydrogen-bond donors (Lipinski definition) is 0. The molecule has 0 aliphatic carbocycles. The number of amides is 1. The Labute approximate surface area is 144 Å². The van der Waals surface area contributed by atoms with Gasteiger partial charge in [-0.1, -0.05) is 23.7 Å². The molecule has 1 aliphatic rings. The van der Waals surface area contributed by atoms with Crippen LogP contribution in [0.5, 0.6) is 0 Å². The summed E-state index contributed by atoms with van der Waals surface area (Å²) in [6.45, 7) is 2.44. The van der Waals surface area contributed by atoms with Gasteiger partial charge in [-0.2, -0.15) is 0 Å². The van der Waals surface area contributed by atoms with Crippen molar-refractivity contribution in [3.8, 4) is 11.3 Å². The van der Waals surface area contributed by atoms with Gasteiger partial charge in [-0.25, -0.2) is 0 Å². The Hall–Kier alpha value is -2.11. The second kappa shape index (κ2) is 6.18. The number of thiocarbonyl (C=S) groups is 1. The van der Waals surface area contributed by atoms with Gasteiger partial charge in [0.1, 0.15) is 17.2 Å². The number of furan rings is 1. The highest BCUT2D eigenvalue weighted by Crippen LogP contribution is 2.27. The molecule has 0 saturated carbocycles. The topological polar surface area (TPSA) is 36.7 Å². The second-order valence-corrected chi connectivity index (χ2v) is 5.93. The number of carbonyl (C=O) groups is 1. The van der Waals surface area contributed by atoms with Gasteiger partial charge in [0, 0.05) is 30.3 Å². The van der Waals surface area contributed by atoms with E-state index in [0.717, 1.165) is 5.56 Å². The molecule has 2 heterocycles. The molecule has 1 aromatic carbocycles. The first kappa shape index (κ1) is 15.8. The zero-order chi connectivity index (χ0) is 16.6. The number of benzene rings is 1. The molecule has 1 aliphatic heterocycles. The van der Waals surface area contributed by atoms with E-state index in [4.69, 9.17) is 28.2 Å². The van der Waals surface area contributed by atoms with E-state index in [1.165, 1.54) is 0 Å². The molecule has 2 aromatic rings. The summed E-state index contributed by atoms with van der Waals surface area (Å²) >= 11 is 11.3. The molecule has 6 heteroatoms. The number of likely N-dealkylation sites (N-methyl/N-ethyl adjacent to an activating group) is 2. The van der Waals surface area contributed by atoms with Gasteiger partial charge in [-0.05, 0) is 43.4 Å². The molecule has 118 valence electrons. The Morgan fingerprint density at radius 1 is 1.30 bits per heavy atom. The molecule has 1 amide bonds. The lowest BCUT2D eigenvalue weighted by molar-refractivity contribution is -0.122. The molecular formula is C17H15ClN2O2S. The number of halogens is 1. The van der Waals surface area contributed by atoms with Crippen LogP contribution in [0, 0.1) is 0 Å². The summed E-state index contributed by atoms with van der Waals surface area (Å²) in [4.78, 5) is 15.6. The Kier molecular flexibility index (Phi) is 4.24. The van der Waals surface area contributed by atoms with E-state index in [2.05, 4.69) is 0 Å². The Morgan fingerprint density at radius 3 is 2.74 bits per heavy atom. The largest absolute Gasteiger partial charge is 0.457 e. The molecule has 0 radical (unpaired) electrons. The molecule has 3 rings (SSSR count). The van der Waals surface area contributed by atoms with Crippen LogP contribution in [0.3, 0.4) is 0 Å². The molecule has 0 bridgehead atoms. The number of hydrogen-bond acceptors (Lipinski definition) is 3. The monoisotopic (exact) mass is 346 g/mol. The maximum atomic E-state index is 12.4. The average molecular weight is 347 g/mol. The normalized spacial score (nSPS) is 16.7. The zero-order valence-electron chi connectivity index (χ0n) is 12.7. The Bertz CT molecular complexity index is 812. The van der Waals surface area contributed by atoms with Crippen molar-refractivity contribution in [2.45, 2.75) is 6.92 Å². The summed E-state index contributed by atoms with van der Waals surface area (Å²) in [5, 5.41) is 1.15. The van der Waals surface area contributed by atoms with Crippen LogP contribution in [0.2, 0.25) is 5.02 Å². The predicted octanol–water partition coefficient (Wildman–Crippen LogP) is 4.02. The van der Waals surface area contributed by atoms with Gasteiger partial charge in [0.25, 0.3) is 5.91 Å². The van der Waals surface area contributed by atoms with Crippen molar-refractivity contribution < 1.29 is 9.21 Å². The summed E-state index contributed by atoms with van der Waals surface area (Å²) in [5.41, 5.74) is 1.39. The summed E-state index contributed by atoms with van der Waals surface area (Å²) in [6, 6.07) is 11.1. The third kappa shape index (κ3) is 2.90. The lowest BCUT2D eigenvalue weighted by Gasteiger charge is -2.13. The van der Waals surface area contributed by atoms with E-state index in [9.17, 15) is 4.79 Å². The van der Waals surface area contributed by atoms with Crippen LogP contribution in [0.15, 0.2) is 46.5 Å². The quantitative estimate of drug-likeness (QED) is 0.621. The highest BCUT2D eigenvalue weighted by Gasteiger charge is 2.34. The van der Waals surface area contributed by atoms with Crippen LogP contribution in [0.1, 0.15) is 12.7 Å². The molecule has 4 nitrogen and oxygen atoms in total. The first-order valence-electron chi connectivity index (χ1n) is 7.18. The van der Waals surface area contributed by atoms with Crippen molar-refractivity contribution in [1.29, 1.82) is 0 Å². The average Bonchev–Trinajstić information content (AvgIpc) is 3.07. The van der Waals surface area contributed by atoms with Crippen LogP contribution in [0.25, 0.3) is 17.4 Å². The van der Waals surface area contributed by atoms with Gasteiger partial charge in [-0.3, -0.25) is 9.69 Å². The number of carbonyl (C=O) groups excluding carboxylic acids is 1. The highest BCUT2D eigenvalue weighted by molar-refractivity contribution is 7.80. The van der Waals surface area contributed by atoms with Crippen LogP contribution in [-0.2, 0) is 4.79 Å². The first-order chi connectivity index (χ1) is 11.0. The lowest BCUT2D eigenvalue weighted by Crippen LogP contribution is -2.30. The predicted molar refractivity (Wildman–Crippen MR) is 94.9 cm³/mol. The molecule has 0 atom stereocenters. The third-order valence-corrected chi connectivity index (χ3v) is 4.40. The minimum Gasteiger partial charge on any atom is -0.457 e. The SMILES string of the molecule is CCN1C(=O)/C(=C/c2ccc(-c3cccc(Cl)c3)o2)N(C)C1=S. The van der Waals surface area contributed by atoms with Crippen LogP contribution in [-0.4, -0.2) is 34.4 Å². The molecule has 1 fully saturated rings. The minimum absolute atomic E-state index is 0.110. The minimum atomic E-state index is -0.110. The van der Waals surface area contributed by atoms with Crippen molar-refractivity contribution in [1.82, 2.24) is 9.80 Å². The third-order valence-electron chi connectivity index (χ3n) is 3.67. The van der Waals surface area contributed by atoms with Crippen molar-refractivity contribution in [3.63, 3.8) is 0 Å². The first-order valence-corrected chi connectivity index (χ1v) is 7.97. The summed E-state index contributed by atoms with van der Waals surface area (Å²) in [6.07, 6.45) is 1.71. The highest BCUT2D eigenvalue weighted by atomic mass is 35.5. The van der Waals surface area contributed by atoms with Crippen molar-refractivity contribution in [2.24, 2.45) is 0 Å². The molecule has 23 heavy (non-hydrogen) atoms. The molecular weight excluding hydrogens is 332 g/mol. The second-order valence-electron chi connectivity index (χ2n) is 5.13. The summed E-state index contributed by atoms with van der Waals surface area (Å²) in [7, 11) is 1.78. The van der Waals surface area contributed by atoms with E-state index < -0.39 is 0 Å². The molecule has 1 saturated heterocycles.